The third kappa shape index (κ3) is 4.18. The highest BCUT2D eigenvalue weighted by molar-refractivity contribution is 6.30. The summed E-state index contributed by atoms with van der Waals surface area (Å²) < 4.78 is 4.51. The monoisotopic (exact) mass is 229 g/mol. The van der Waals surface area contributed by atoms with E-state index in [4.69, 9.17) is 17.3 Å². The summed E-state index contributed by atoms with van der Waals surface area (Å²) in [6.07, 6.45) is -1.25. The van der Waals surface area contributed by atoms with Crippen LogP contribution in [-0.2, 0) is 4.74 Å². The zero-order valence-corrected chi connectivity index (χ0v) is 8.78. The van der Waals surface area contributed by atoms with E-state index in [1.165, 1.54) is 0 Å². The molecule has 0 saturated carbocycles. The molecule has 1 amide bonds. The van der Waals surface area contributed by atoms with E-state index in [2.05, 4.69) is 4.74 Å². The van der Waals surface area contributed by atoms with E-state index in [1.54, 1.807) is 24.3 Å². The quantitative estimate of drug-likeness (QED) is 0.828. The summed E-state index contributed by atoms with van der Waals surface area (Å²) in [5, 5.41) is 10.2. The van der Waals surface area contributed by atoms with Crippen molar-refractivity contribution < 1.29 is 14.6 Å². The molecule has 3 N–H and O–H groups in total. The maximum atomic E-state index is 10.3. The lowest BCUT2D eigenvalue weighted by molar-refractivity contribution is 0.111. The number of halogens is 1. The molecule has 5 heteroatoms. The van der Waals surface area contributed by atoms with Gasteiger partial charge >= 0.3 is 6.09 Å². The van der Waals surface area contributed by atoms with Gasteiger partial charge < -0.3 is 15.6 Å². The first-order chi connectivity index (χ1) is 7.09. The maximum Gasteiger partial charge on any atom is 0.404 e. The van der Waals surface area contributed by atoms with Crippen molar-refractivity contribution in [1.29, 1.82) is 0 Å². The van der Waals surface area contributed by atoms with E-state index in [1.807, 2.05) is 0 Å². The third-order valence-electron chi connectivity index (χ3n) is 1.87. The Balaban J connectivity index is 2.46. The molecule has 0 aliphatic rings. The summed E-state index contributed by atoms with van der Waals surface area (Å²) in [4.78, 5) is 10.3. The predicted octanol–water partition coefficient (Wildman–Crippen LogP) is 1.86. The summed E-state index contributed by atoms with van der Waals surface area (Å²) in [6, 6.07) is 6.88. The van der Waals surface area contributed by atoms with Gasteiger partial charge in [-0.25, -0.2) is 4.79 Å². The first-order valence-electron chi connectivity index (χ1n) is 4.45. The number of carbonyl (C=O) groups excluding carboxylic acids is 1. The molecule has 0 bridgehead atoms. The number of primary amides is 1. The van der Waals surface area contributed by atoms with Gasteiger partial charge in [0.15, 0.2) is 0 Å². The second-order valence-electron chi connectivity index (χ2n) is 3.03. The van der Waals surface area contributed by atoms with Crippen molar-refractivity contribution in [3.8, 4) is 0 Å². The smallest absolute Gasteiger partial charge is 0.404 e. The molecule has 1 unspecified atom stereocenters. The average molecular weight is 230 g/mol. The molecular weight excluding hydrogens is 218 g/mol. The van der Waals surface area contributed by atoms with Gasteiger partial charge in [-0.15, -0.1) is 0 Å². The van der Waals surface area contributed by atoms with Gasteiger partial charge in [-0.1, -0.05) is 23.7 Å². The first-order valence-corrected chi connectivity index (χ1v) is 4.83. The number of nitrogens with two attached hydrogens (primary N) is 1. The lowest BCUT2D eigenvalue weighted by Crippen LogP contribution is -2.15. The Morgan fingerprint density at radius 2 is 2.33 bits per heavy atom. The van der Waals surface area contributed by atoms with Crippen molar-refractivity contribution in [3.63, 3.8) is 0 Å². The average Bonchev–Trinajstić information content (AvgIpc) is 2.17. The number of hydrogen-bond acceptors (Lipinski definition) is 3. The van der Waals surface area contributed by atoms with E-state index in [0.717, 1.165) is 0 Å². The molecule has 0 radical (unpaired) electrons. The predicted molar refractivity (Wildman–Crippen MR) is 56.6 cm³/mol. The van der Waals surface area contributed by atoms with Crippen LogP contribution in [0.1, 0.15) is 18.1 Å². The van der Waals surface area contributed by atoms with Gasteiger partial charge in [-0.2, -0.15) is 0 Å². The lowest BCUT2D eigenvalue weighted by Gasteiger charge is -2.10. The Morgan fingerprint density at radius 3 is 2.93 bits per heavy atom. The number of hydrogen-bond donors (Lipinski definition) is 2. The van der Waals surface area contributed by atoms with Crippen LogP contribution >= 0.6 is 11.6 Å². The first kappa shape index (κ1) is 11.8. The summed E-state index contributed by atoms with van der Waals surface area (Å²) in [5.41, 5.74) is 5.47. The highest BCUT2D eigenvalue weighted by Gasteiger charge is 2.08. The minimum absolute atomic E-state index is 0.0863. The zero-order valence-electron chi connectivity index (χ0n) is 8.02. The SMILES string of the molecule is NC(=O)OCCC(O)c1cccc(Cl)c1. The Hall–Kier alpha value is -1.26. The van der Waals surface area contributed by atoms with Gasteiger partial charge in [0.25, 0.3) is 0 Å². The number of carbonyl (C=O) groups is 1. The van der Waals surface area contributed by atoms with Crippen LogP contribution in [0, 0.1) is 0 Å². The van der Waals surface area contributed by atoms with Crippen LogP contribution in [0.5, 0.6) is 0 Å². The fourth-order valence-corrected chi connectivity index (χ4v) is 1.35. The highest BCUT2D eigenvalue weighted by atomic mass is 35.5. The van der Waals surface area contributed by atoms with E-state index in [0.29, 0.717) is 17.0 Å². The fourth-order valence-electron chi connectivity index (χ4n) is 1.15. The second kappa shape index (κ2) is 5.58. The van der Waals surface area contributed by atoms with Gasteiger partial charge in [0, 0.05) is 11.4 Å². The van der Waals surface area contributed by atoms with Crippen molar-refractivity contribution in [2.24, 2.45) is 5.73 Å². The van der Waals surface area contributed by atoms with Crippen molar-refractivity contribution in [1.82, 2.24) is 0 Å². The van der Waals surface area contributed by atoms with E-state index >= 15 is 0 Å². The Labute approximate surface area is 92.6 Å². The minimum atomic E-state index is -0.840. The molecule has 0 fully saturated rings. The van der Waals surface area contributed by atoms with Gasteiger partial charge in [0.05, 0.1) is 12.7 Å². The normalized spacial score (nSPS) is 12.1. The number of aliphatic hydroxyl groups excluding tert-OH is 1. The van der Waals surface area contributed by atoms with Gasteiger partial charge in [0.1, 0.15) is 0 Å². The summed E-state index contributed by atoms with van der Waals surface area (Å²) in [6.45, 7) is 0.0863. The topological polar surface area (TPSA) is 72.6 Å². The van der Waals surface area contributed by atoms with Crippen LogP contribution in [-0.4, -0.2) is 17.8 Å². The third-order valence-corrected chi connectivity index (χ3v) is 2.10. The highest BCUT2D eigenvalue weighted by Crippen LogP contribution is 2.19. The molecule has 15 heavy (non-hydrogen) atoms. The number of ether oxygens (including phenoxy) is 1. The molecule has 1 rings (SSSR count). The molecule has 4 nitrogen and oxygen atoms in total. The van der Waals surface area contributed by atoms with Crippen molar-refractivity contribution in [2.75, 3.05) is 6.61 Å². The summed E-state index contributed by atoms with van der Waals surface area (Å²) in [5.74, 6) is 0. The molecule has 0 spiro atoms. The molecule has 0 saturated heterocycles. The van der Waals surface area contributed by atoms with Crippen LogP contribution in [0.4, 0.5) is 4.79 Å². The molecule has 0 aliphatic heterocycles. The van der Waals surface area contributed by atoms with Crippen molar-refractivity contribution in [2.45, 2.75) is 12.5 Å². The largest absolute Gasteiger partial charge is 0.450 e. The molecule has 1 aromatic rings. The molecular formula is C10H12ClNO3. The van der Waals surface area contributed by atoms with E-state index in [9.17, 15) is 9.90 Å². The van der Waals surface area contributed by atoms with Gasteiger partial charge in [-0.05, 0) is 17.7 Å². The molecule has 1 aromatic carbocycles. The van der Waals surface area contributed by atoms with Crippen molar-refractivity contribution >= 4 is 17.7 Å². The zero-order chi connectivity index (χ0) is 11.3. The van der Waals surface area contributed by atoms with E-state index in [-0.39, 0.29) is 6.61 Å². The van der Waals surface area contributed by atoms with Crippen LogP contribution in [0.25, 0.3) is 0 Å². The number of amides is 1. The number of aliphatic hydroxyl groups is 1. The number of rotatable bonds is 4. The van der Waals surface area contributed by atoms with E-state index < -0.39 is 12.2 Å². The summed E-state index contributed by atoms with van der Waals surface area (Å²) in [7, 11) is 0. The fraction of sp³-hybridized carbons (Fsp3) is 0.300. The molecule has 0 aromatic heterocycles. The molecule has 82 valence electrons. The van der Waals surface area contributed by atoms with Crippen LogP contribution < -0.4 is 5.73 Å². The maximum absolute atomic E-state index is 10.3. The van der Waals surface area contributed by atoms with Crippen molar-refractivity contribution in [3.05, 3.63) is 34.9 Å². The second-order valence-corrected chi connectivity index (χ2v) is 3.46. The molecule has 1 atom stereocenters. The minimum Gasteiger partial charge on any atom is -0.450 e. The van der Waals surface area contributed by atoms with Crippen LogP contribution in [0.2, 0.25) is 5.02 Å². The van der Waals surface area contributed by atoms with Gasteiger partial charge in [0.2, 0.25) is 0 Å². The Bertz CT molecular complexity index is 343. The summed E-state index contributed by atoms with van der Waals surface area (Å²) >= 11 is 5.76. The van der Waals surface area contributed by atoms with Gasteiger partial charge in [-0.3, -0.25) is 0 Å². The number of benzene rings is 1. The molecule has 0 heterocycles. The van der Waals surface area contributed by atoms with Crippen LogP contribution in [0.3, 0.4) is 0 Å². The Morgan fingerprint density at radius 1 is 1.60 bits per heavy atom. The Kier molecular flexibility index (Phi) is 4.39. The molecule has 0 aliphatic carbocycles. The van der Waals surface area contributed by atoms with Crippen LogP contribution in [0.15, 0.2) is 24.3 Å². The lowest BCUT2D eigenvalue weighted by atomic mass is 10.1. The standard InChI is InChI=1S/C10H12ClNO3/c11-8-3-1-2-7(6-8)9(13)4-5-15-10(12)14/h1-3,6,9,13H,4-5H2,(H2,12,14).